The predicted octanol–water partition coefficient (Wildman–Crippen LogP) is 5.13. The van der Waals surface area contributed by atoms with E-state index in [4.69, 9.17) is 14.2 Å². The van der Waals surface area contributed by atoms with E-state index in [0.29, 0.717) is 30.2 Å². The molecular weight excluding hydrogens is 456 g/mol. The Labute approximate surface area is 209 Å². The van der Waals surface area contributed by atoms with Crippen LogP contribution in [0.4, 0.5) is 11.4 Å². The highest BCUT2D eigenvalue weighted by Crippen LogP contribution is 2.36. The van der Waals surface area contributed by atoms with Gasteiger partial charge < -0.3 is 24.4 Å². The molecule has 2 heterocycles. The topological polar surface area (TPSA) is 88.7 Å². The van der Waals surface area contributed by atoms with Crippen molar-refractivity contribution in [3.8, 4) is 34.1 Å². The minimum absolute atomic E-state index is 0.133. The zero-order valence-corrected chi connectivity index (χ0v) is 20.4. The van der Waals surface area contributed by atoms with E-state index < -0.39 is 0 Å². The molecule has 1 aliphatic heterocycles. The summed E-state index contributed by atoms with van der Waals surface area (Å²) in [6.07, 6.45) is 4.12. The first-order valence-electron chi connectivity index (χ1n) is 11.7. The molecule has 0 radical (unpaired) electrons. The van der Waals surface area contributed by atoms with Crippen LogP contribution in [0, 0.1) is 5.92 Å². The predicted molar refractivity (Wildman–Crippen MR) is 139 cm³/mol. The Morgan fingerprint density at radius 2 is 1.97 bits per heavy atom. The van der Waals surface area contributed by atoms with Crippen molar-refractivity contribution in [3.05, 3.63) is 78.6 Å². The van der Waals surface area contributed by atoms with E-state index in [-0.39, 0.29) is 11.8 Å². The lowest BCUT2D eigenvalue weighted by Gasteiger charge is -2.25. The first-order chi connectivity index (χ1) is 17.5. The number of rotatable bonds is 7. The van der Waals surface area contributed by atoms with Crippen LogP contribution in [0.15, 0.2) is 73.1 Å². The smallest absolute Gasteiger partial charge is 0.231 e. The lowest BCUT2D eigenvalue weighted by molar-refractivity contribution is -0.121. The Kier molecular flexibility index (Phi) is 6.49. The van der Waals surface area contributed by atoms with Crippen molar-refractivity contribution >= 4 is 17.3 Å². The summed E-state index contributed by atoms with van der Waals surface area (Å²) in [7, 11) is 5.58. The molecule has 0 unspecified atom stereocenters. The van der Waals surface area contributed by atoms with Gasteiger partial charge in [-0.1, -0.05) is 12.1 Å². The number of carbonyl (C=O) groups is 1. The Morgan fingerprint density at radius 3 is 2.75 bits per heavy atom. The van der Waals surface area contributed by atoms with Crippen molar-refractivity contribution in [3.63, 3.8) is 0 Å². The second kappa shape index (κ2) is 10.0. The van der Waals surface area contributed by atoms with Crippen LogP contribution in [0.5, 0.6) is 23.0 Å². The minimum atomic E-state index is -0.344. The van der Waals surface area contributed by atoms with E-state index in [9.17, 15) is 4.79 Å². The molecule has 1 atom stereocenters. The summed E-state index contributed by atoms with van der Waals surface area (Å²) >= 11 is 0. The van der Waals surface area contributed by atoms with Crippen LogP contribution in [-0.4, -0.2) is 43.9 Å². The summed E-state index contributed by atoms with van der Waals surface area (Å²) in [6.45, 7) is 0.305. The highest BCUT2D eigenvalue weighted by Gasteiger charge is 2.27. The van der Waals surface area contributed by atoms with E-state index in [1.807, 2.05) is 85.9 Å². The van der Waals surface area contributed by atoms with E-state index in [2.05, 4.69) is 15.5 Å². The van der Waals surface area contributed by atoms with Gasteiger partial charge in [-0.3, -0.25) is 9.89 Å². The van der Waals surface area contributed by atoms with Gasteiger partial charge in [-0.15, -0.1) is 0 Å². The average Bonchev–Trinajstić information content (AvgIpc) is 3.44. The minimum Gasteiger partial charge on any atom is -0.497 e. The SMILES string of the molecule is COc1ccc2c(c1)C[C@H](C(=O)Nc1ccc(-c3cn[nH]c3)cc1Oc1cccc(N(C)C)c1)CO2. The number of nitrogens with zero attached hydrogens (tertiary/aromatic N) is 2. The van der Waals surface area contributed by atoms with Crippen LogP contribution in [0.2, 0.25) is 0 Å². The van der Waals surface area contributed by atoms with Crippen molar-refractivity contribution < 1.29 is 19.0 Å². The lowest BCUT2D eigenvalue weighted by atomic mass is 9.95. The monoisotopic (exact) mass is 484 g/mol. The van der Waals surface area contributed by atoms with Crippen molar-refractivity contribution in [2.45, 2.75) is 6.42 Å². The van der Waals surface area contributed by atoms with Gasteiger partial charge >= 0.3 is 0 Å². The first kappa shape index (κ1) is 23.3. The number of hydrogen-bond acceptors (Lipinski definition) is 6. The van der Waals surface area contributed by atoms with Gasteiger partial charge in [0.2, 0.25) is 5.91 Å². The lowest BCUT2D eigenvalue weighted by Crippen LogP contribution is -2.32. The Balaban J connectivity index is 1.41. The number of amides is 1. The summed E-state index contributed by atoms with van der Waals surface area (Å²) in [5.74, 6) is 2.26. The molecule has 8 nitrogen and oxygen atoms in total. The number of fused-ring (bicyclic) bond motifs is 1. The van der Waals surface area contributed by atoms with Crippen molar-refractivity contribution in [2.24, 2.45) is 5.92 Å². The normalized spacial score (nSPS) is 14.4. The number of nitrogens with one attached hydrogen (secondary N) is 2. The highest BCUT2D eigenvalue weighted by atomic mass is 16.5. The number of aromatic nitrogens is 2. The van der Waals surface area contributed by atoms with Gasteiger partial charge in [-0.25, -0.2) is 0 Å². The molecule has 1 amide bonds. The molecule has 8 heteroatoms. The Bertz CT molecular complexity index is 1370. The molecule has 4 aromatic rings. The van der Waals surface area contributed by atoms with Crippen molar-refractivity contribution in [1.29, 1.82) is 0 Å². The summed E-state index contributed by atoms with van der Waals surface area (Å²) < 4.78 is 17.5. The molecule has 1 aliphatic rings. The number of benzene rings is 3. The zero-order chi connectivity index (χ0) is 25.1. The molecule has 0 spiro atoms. The van der Waals surface area contributed by atoms with E-state index in [1.54, 1.807) is 13.3 Å². The van der Waals surface area contributed by atoms with Crippen LogP contribution < -0.4 is 24.4 Å². The molecular formula is C28H28N4O4. The molecule has 0 saturated carbocycles. The van der Waals surface area contributed by atoms with Gasteiger partial charge in [-0.05, 0) is 60.0 Å². The third-order valence-electron chi connectivity index (χ3n) is 6.18. The van der Waals surface area contributed by atoms with Crippen LogP contribution >= 0.6 is 0 Å². The molecule has 36 heavy (non-hydrogen) atoms. The fourth-order valence-electron chi connectivity index (χ4n) is 4.15. The van der Waals surface area contributed by atoms with Gasteiger partial charge in [0.1, 0.15) is 23.9 Å². The largest absolute Gasteiger partial charge is 0.497 e. The van der Waals surface area contributed by atoms with Gasteiger partial charge in [0.05, 0.1) is 24.9 Å². The van der Waals surface area contributed by atoms with Crippen LogP contribution in [0.25, 0.3) is 11.1 Å². The summed E-state index contributed by atoms with van der Waals surface area (Å²) in [4.78, 5) is 15.3. The van der Waals surface area contributed by atoms with E-state index >= 15 is 0 Å². The quantitative estimate of drug-likeness (QED) is 0.378. The Morgan fingerprint density at radius 1 is 1.08 bits per heavy atom. The van der Waals surface area contributed by atoms with Crippen LogP contribution in [0.1, 0.15) is 5.56 Å². The summed E-state index contributed by atoms with van der Waals surface area (Å²) in [5, 5.41) is 9.94. The number of hydrogen-bond donors (Lipinski definition) is 2. The number of carbonyl (C=O) groups excluding carboxylic acids is 1. The van der Waals surface area contributed by atoms with Crippen LogP contribution in [0.3, 0.4) is 0 Å². The third-order valence-corrected chi connectivity index (χ3v) is 6.18. The maximum atomic E-state index is 13.3. The molecule has 5 rings (SSSR count). The third kappa shape index (κ3) is 4.98. The van der Waals surface area contributed by atoms with Gasteiger partial charge in [-0.2, -0.15) is 5.10 Å². The Hall–Kier alpha value is -4.46. The standard InChI is InChI=1S/C28H28N4O4/c1-32(2)22-5-4-6-24(14-22)36-27-13-18(21-15-29-30-16-21)7-9-25(27)31-28(33)20-11-19-12-23(34-3)8-10-26(19)35-17-20/h4-10,12-16,20H,11,17H2,1-3H3,(H,29,30)(H,31,33)/t20-/m0/s1. The molecule has 0 saturated heterocycles. The molecule has 0 aliphatic carbocycles. The highest BCUT2D eigenvalue weighted by molar-refractivity contribution is 5.95. The molecule has 2 N–H and O–H groups in total. The second-order valence-corrected chi connectivity index (χ2v) is 8.87. The van der Waals surface area contributed by atoms with Crippen molar-refractivity contribution in [1.82, 2.24) is 10.2 Å². The average molecular weight is 485 g/mol. The number of ether oxygens (including phenoxy) is 3. The maximum absolute atomic E-state index is 13.3. The van der Waals surface area contributed by atoms with E-state index in [1.165, 1.54) is 0 Å². The molecule has 184 valence electrons. The summed E-state index contributed by atoms with van der Waals surface area (Å²) in [6, 6.07) is 19.1. The van der Waals surface area contributed by atoms with E-state index in [0.717, 1.165) is 33.9 Å². The van der Waals surface area contributed by atoms with Crippen LogP contribution in [-0.2, 0) is 11.2 Å². The molecule has 1 aromatic heterocycles. The number of aromatic amines is 1. The van der Waals surface area contributed by atoms with Gasteiger partial charge in [0.25, 0.3) is 0 Å². The van der Waals surface area contributed by atoms with Crippen molar-refractivity contribution in [2.75, 3.05) is 38.0 Å². The second-order valence-electron chi connectivity index (χ2n) is 8.87. The fourth-order valence-corrected chi connectivity index (χ4v) is 4.15. The van der Waals surface area contributed by atoms with Gasteiger partial charge in [0, 0.05) is 37.6 Å². The summed E-state index contributed by atoms with van der Waals surface area (Å²) in [5.41, 5.74) is 4.39. The molecule has 0 bridgehead atoms. The first-order valence-corrected chi connectivity index (χ1v) is 11.7. The fraction of sp³-hybridized carbons (Fsp3) is 0.214. The number of anilines is 2. The number of H-pyrrole nitrogens is 1. The maximum Gasteiger partial charge on any atom is 0.231 e. The molecule has 3 aromatic carbocycles. The van der Waals surface area contributed by atoms with Gasteiger partial charge in [0.15, 0.2) is 5.75 Å². The zero-order valence-electron chi connectivity index (χ0n) is 20.4. The number of methoxy groups -OCH3 is 1. The molecule has 0 fully saturated rings.